The lowest BCUT2D eigenvalue weighted by Gasteiger charge is -2.39. The van der Waals surface area contributed by atoms with Crippen LogP contribution in [0.1, 0.15) is 37.3 Å². The largest absolute Gasteiger partial charge is 0.465 e. The Hall–Kier alpha value is -1.02. The summed E-state index contributed by atoms with van der Waals surface area (Å²) >= 11 is 0. The van der Waals surface area contributed by atoms with Crippen LogP contribution in [0.3, 0.4) is 0 Å². The van der Waals surface area contributed by atoms with Crippen molar-refractivity contribution in [1.29, 1.82) is 0 Å². The molecule has 0 saturated carbocycles. The summed E-state index contributed by atoms with van der Waals surface area (Å²) in [5.74, 6) is 3.59. The summed E-state index contributed by atoms with van der Waals surface area (Å²) in [6.07, 6.45) is 4.99. The third kappa shape index (κ3) is 1.61. The fraction of sp³-hybridized carbons (Fsp3) is 0.571. The van der Waals surface area contributed by atoms with Gasteiger partial charge in [0.15, 0.2) is 0 Å². The normalized spacial score (nSPS) is 33.6. The second kappa shape index (κ2) is 3.77. The van der Waals surface area contributed by atoms with Gasteiger partial charge in [0.25, 0.3) is 0 Å². The zero-order chi connectivity index (χ0) is 11.1. The van der Waals surface area contributed by atoms with E-state index in [9.17, 15) is 0 Å². The Bertz CT molecular complexity index is 418. The van der Waals surface area contributed by atoms with Crippen LogP contribution >= 0.6 is 0 Å². The van der Waals surface area contributed by atoms with Gasteiger partial charge in [-0.1, -0.05) is 11.6 Å². The maximum Gasteiger partial charge on any atom is 0.121 e. The number of rotatable bonds is 1. The van der Waals surface area contributed by atoms with Crippen molar-refractivity contribution in [2.75, 3.05) is 6.54 Å². The molecule has 1 N–H and O–H groups in total. The molecule has 0 unspecified atom stereocenters. The van der Waals surface area contributed by atoms with Crippen molar-refractivity contribution >= 4 is 0 Å². The van der Waals surface area contributed by atoms with Crippen LogP contribution in [0.2, 0.25) is 0 Å². The molecule has 2 bridgehead atoms. The second-order valence-corrected chi connectivity index (χ2v) is 5.23. The van der Waals surface area contributed by atoms with E-state index < -0.39 is 0 Å². The molecular weight excluding hydrogens is 198 g/mol. The lowest BCUT2D eigenvalue weighted by molar-refractivity contribution is 0.210. The average Bonchev–Trinajstić information content (AvgIpc) is 2.71. The van der Waals surface area contributed by atoms with Crippen molar-refractivity contribution in [1.82, 2.24) is 5.32 Å². The number of allylic oxidation sites excluding steroid dienone is 1. The van der Waals surface area contributed by atoms with Gasteiger partial charge in [0, 0.05) is 5.92 Å². The van der Waals surface area contributed by atoms with Gasteiger partial charge in [-0.3, -0.25) is 0 Å². The maximum atomic E-state index is 5.77. The van der Waals surface area contributed by atoms with Gasteiger partial charge >= 0.3 is 0 Å². The van der Waals surface area contributed by atoms with Crippen LogP contribution in [0, 0.1) is 18.8 Å². The van der Waals surface area contributed by atoms with Crippen LogP contribution < -0.4 is 5.32 Å². The number of nitrogens with one attached hydrogen (secondary N) is 1. The fourth-order valence-electron chi connectivity index (χ4n) is 3.07. The molecule has 2 heterocycles. The smallest absolute Gasteiger partial charge is 0.121 e. The topological polar surface area (TPSA) is 25.2 Å². The zero-order valence-electron chi connectivity index (χ0n) is 9.99. The fourth-order valence-corrected chi connectivity index (χ4v) is 3.07. The minimum atomic E-state index is 0.390. The molecule has 1 aromatic heterocycles. The number of fused-ring (bicyclic) bond motifs is 2. The monoisotopic (exact) mass is 217 g/mol. The van der Waals surface area contributed by atoms with Crippen LogP contribution in [-0.2, 0) is 0 Å². The number of aryl methyl sites for hydroxylation is 1. The van der Waals surface area contributed by atoms with Crippen LogP contribution in [0.25, 0.3) is 0 Å². The summed E-state index contributed by atoms with van der Waals surface area (Å²) in [5, 5.41) is 3.65. The van der Waals surface area contributed by atoms with Crippen molar-refractivity contribution in [3.05, 3.63) is 35.3 Å². The van der Waals surface area contributed by atoms with Gasteiger partial charge in [0.05, 0.1) is 6.04 Å². The van der Waals surface area contributed by atoms with Gasteiger partial charge in [-0.15, -0.1) is 0 Å². The van der Waals surface area contributed by atoms with Gasteiger partial charge in [0.1, 0.15) is 11.5 Å². The summed E-state index contributed by atoms with van der Waals surface area (Å²) in [7, 11) is 0. The summed E-state index contributed by atoms with van der Waals surface area (Å²) < 4.78 is 5.77. The Labute approximate surface area is 96.7 Å². The first-order valence-electron chi connectivity index (χ1n) is 6.20. The van der Waals surface area contributed by atoms with Gasteiger partial charge in [-0.05, 0) is 51.3 Å². The molecule has 86 valence electrons. The first kappa shape index (κ1) is 10.2. The maximum absolute atomic E-state index is 5.77. The molecule has 2 heteroatoms. The molecule has 0 radical (unpaired) electrons. The van der Waals surface area contributed by atoms with Crippen molar-refractivity contribution in [2.45, 2.75) is 32.7 Å². The molecule has 1 aliphatic heterocycles. The highest BCUT2D eigenvalue weighted by Crippen LogP contribution is 2.41. The zero-order valence-corrected chi connectivity index (χ0v) is 9.99. The highest BCUT2D eigenvalue weighted by atomic mass is 16.3. The van der Waals surface area contributed by atoms with Crippen LogP contribution in [0.5, 0.6) is 0 Å². The minimum absolute atomic E-state index is 0.390. The molecule has 1 aromatic rings. The van der Waals surface area contributed by atoms with E-state index in [2.05, 4.69) is 30.4 Å². The molecule has 16 heavy (non-hydrogen) atoms. The number of hydrogen-bond donors (Lipinski definition) is 1. The van der Waals surface area contributed by atoms with E-state index in [-0.39, 0.29) is 0 Å². The molecular formula is C14H19NO. The van der Waals surface area contributed by atoms with Gasteiger partial charge < -0.3 is 9.73 Å². The Morgan fingerprint density at radius 2 is 2.19 bits per heavy atom. The van der Waals surface area contributed by atoms with E-state index in [1.165, 1.54) is 18.4 Å². The molecule has 2 nitrogen and oxygen atoms in total. The molecule has 3 atom stereocenters. The van der Waals surface area contributed by atoms with Gasteiger partial charge in [0.2, 0.25) is 0 Å². The SMILES string of the molecule is CC1=CC[C@H]2CN[C@@H](c3ccc(C)o3)[C@@H]1C2. The lowest BCUT2D eigenvalue weighted by atomic mass is 9.74. The van der Waals surface area contributed by atoms with Gasteiger partial charge in [-0.2, -0.15) is 0 Å². The highest BCUT2D eigenvalue weighted by molar-refractivity contribution is 5.20. The van der Waals surface area contributed by atoms with Crippen LogP contribution in [0.15, 0.2) is 28.2 Å². The molecule has 1 fully saturated rings. The predicted octanol–water partition coefficient (Wildman–Crippen LogP) is 3.20. The van der Waals surface area contributed by atoms with Crippen LogP contribution in [0.4, 0.5) is 0 Å². The number of hydrogen-bond acceptors (Lipinski definition) is 2. The lowest BCUT2D eigenvalue weighted by Crippen LogP contribution is -2.41. The second-order valence-electron chi connectivity index (χ2n) is 5.23. The van der Waals surface area contributed by atoms with Gasteiger partial charge in [-0.25, -0.2) is 0 Å². The van der Waals surface area contributed by atoms with E-state index in [4.69, 9.17) is 4.42 Å². The van der Waals surface area contributed by atoms with Crippen molar-refractivity contribution in [3.8, 4) is 0 Å². The third-order valence-electron chi connectivity index (χ3n) is 4.04. The Kier molecular flexibility index (Phi) is 2.40. The molecule has 1 saturated heterocycles. The summed E-state index contributed by atoms with van der Waals surface area (Å²) in [5.41, 5.74) is 1.53. The Morgan fingerprint density at radius 1 is 1.31 bits per heavy atom. The van der Waals surface area contributed by atoms with E-state index in [1.54, 1.807) is 0 Å². The van der Waals surface area contributed by atoms with Crippen molar-refractivity contribution < 1.29 is 4.42 Å². The van der Waals surface area contributed by atoms with E-state index in [0.717, 1.165) is 24.0 Å². The molecule has 0 spiro atoms. The Morgan fingerprint density at radius 3 is 2.94 bits per heavy atom. The molecule has 3 rings (SSSR count). The van der Waals surface area contributed by atoms with Crippen LogP contribution in [-0.4, -0.2) is 6.54 Å². The number of furan rings is 1. The van der Waals surface area contributed by atoms with E-state index in [1.807, 2.05) is 6.92 Å². The van der Waals surface area contributed by atoms with Crippen molar-refractivity contribution in [2.24, 2.45) is 11.8 Å². The third-order valence-corrected chi connectivity index (χ3v) is 4.04. The van der Waals surface area contributed by atoms with E-state index in [0.29, 0.717) is 12.0 Å². The van der Waals surface area contributed by atoms with Crippen molar-refractivity contribution in [3.63, 3.8) is 0 Å². The minimum Gasteiger partial charge on any atom is -0.465 e. The number of piperidine rings is 1. The summed E-state index contributed by atoms with van der Waals surface area (Å²) in [6, 6.07) is 4.57. The molecule has 1 aliphatic carbocycles. The standard InChI is InChI=1S/C14H19NO/c1-9-3-5-11-7-12(9)14(15-8-11)13-6-4-10(2)16-13/h3-4,6,11-12,14-15H,5,7-8H2,1-2H3/t11-,12-,14-/m1/s1. The molecule has 0 aromatic carbocycles. The molecule has 0 amide bonds. The Balaban J connectivity index is 1.90. The summed E-state index contributed by atoms with van der Waals surface area (Å²) in [4.78, 5) is 0. The highest BCUT2D eigenvalue weighted by Gasteiger charge is 2.35. The predicted molar refractivity (Wildman–Crippen MR) is 64.2 cm³/mol. The first-order valence-corrected chi connectivity index (χ1v) is 6.20. The average molecular weight is 217 g/mol. The first-order chi connectivity index (χ1) is 7.74. The van der Waals surface area contributed by atoms with E-state index >= 15 is 0 Å². The molecule has 2 aliphatic rings. The quantitative estimate of drug-likeness (QED) is 0.731. The summed E-state index contributed by atoms with van der Waals surface area (Å²) in [6.45, 7) is 5.40.